The number of esters is 1. The summed E-state index contributed by atoms with van der Waals surface area (Å²) in [6, 6.07) is 2.25. The largest absolute Gasteiger partial charge is 0.492 e. The third-order valence-electron chi connectivity index (χ3n) is 3.39. The first-order valence-corrected chi connectivity index (χ1v) is 8.49. The van der Waals surface area contributed by atoms with E-state index in [0.29, 0.717) is 30.5 Å². The zero-order valence-electron chi connectivity index (χ0n) is 15.5. The monoisotopic (exact) mass is 399 g/mol. The Labute approximate surface area is 161 Å². The molecule has 1 amide bonds. The number of nitrogens with one attached hydrogen (secondary N) is 1. The Balaban J connectivity index is 2.41. The number of carbonyl (C=O) groups excluding carboxylic acids is 3. The lowest BCUT2D eigenvalue weighted by molar-refractivity contribution is -0.149. The van der Waals surface area contributed by atoms with Gasteiger partial charge in [-0.05, 0) is 19.3 Å². The van der Waals surface area contributed by atoms with Gasteiger partial charge in [0.1, 0.15) is 12.6 Å². The van der Waals surface area contributed by atoms with Crippen molar-refractivity contribution in [3.8, 4) is 11.8 Å². The number of nitrogens with two attached hydrogens (primary N) is 2. The van der Waals surface area contributed by atoms with Crippen LogP contribution in [0.25, 0.3) is 0 Å². The fraction of sp³-hybridized carbons (Fsp3) is 0.500. The summed E-state index contributed by atoms with van der Waals surface area (Å²) in [6.07, 6.45) is 0.881. The van der Waals surface area contributed by atoms with Gasteiger partial charge in [0.25, 0.3) is 0 Å². The maximum atomic E-state index is 12.0. The Hall–Kier alpha value is -3.44. The van der Waals surface area contributed by atoms with E-state index in [-0.39, 0.29) is 12.4 Å². The first kappa shape index (κ1) is 22.6. The topological polar surface area (TPSA) is 191 Å². The molecule has 0 aliphatic heterocycles. The zero-order chi connectivity index (χ0) is 21.1. The maximum absolute atomic E-state index is 12.0. The Morgan fingerprint density at radius 1 is 1.21 bits per heavy atom. The molecule has 0 aliphatic carbocycles. The molecule has 0 spiro atoms. The number of aromatic hydroxyl groups is 2. The van der Waals surface area contributed by atoms with Gasteiger partial charge in [0, 0.05) is 25.6 Å². The lowest BCUT2D eigenvalue weighted by atomic mass is 10.1. The molecule has 28 heavy (non-hydrogen) atoms. The molecular weight excluding hydrogens is 374 g/mol. The van der Waals surface area contributed by atoms with Crippen molar-refractivity contribution >= 4 is 23.8 Å². The van der Waals surface area contributed by atoms with Crippen LogP contribution < -0.4 is 21.6 Å². The average Bonchev–Trinajstić information content (AvgIpc) is 2.90. The van der Waals surface area contributed by atoms with E-state index >= 15 is 0 Å². The Morgan fingerprint density at radius 2 is 1.86 bits per heavy atom. The standard InChI is InChI=1S/C16H25N5O7/c1-10(22)27-11(4-2-3-7-19-16(17)18)8-12(23)20-9-15(26)28-21-13(24)5-6-14(21)25/h5-6,11,24-25H,2-4,7-9H2,1H3,(H,20,23)(H4,17,18,19)/t11-/m0/s1. The van der Waals surface area contributed by atoms with Gasteiger partial charge in [0.2, 0.25) is 17.7 Å². The van der Waals surface area contributed by atoms with Crippen molar-refractivity contribution in [2.75, 3.05) is 13.1 Å². The van der Waals surface area contributed by atoms with Gasteiger partial charge in [0.05, 0.1) is 6.42 Å². The third kappa shape index (κ3) is 8.78. The lowest BCUT2D eigenvalue weighted by Gasteiger charge is -2.16. The number of hydrogen-bond donors (Lipinski definition) is 5. The molecule has 0 bridgehead atoms. The third-order valence-corrected chi connectivity index (χ3v) is 3.39. The number of ether oxygens (including phenoxy) is 1. The molecule has 12 nitrogen and oxygen atoms in total. The zero-order valence-corrected chi connectivity index (χ0v) is 15.5. The summed E-state index contributed by atoms with van der Waals surface area (Å²) in [5.41, 5.74) is 10.4. The van der Waals surface area contributed by atoms with Gasteiger partial charge in [-0.1, -0.05) is 0 Å². The summed E-state index contributed by atoms with van der Waals surface area (Å²) < 4.78 is 5.61. The van der Waals surface area contributed by atoms with Crippen molar-refractivity contribution in [3.63, 3.8) is 0 Å². The summed E-state index contributed by atoms with van der Waals surface area (Å²) in [6.45, 7) is 1.15. The molecule has 1 heterocycles. The van der Waals surface area contributed by atoms with E-state index in [4.69, 9.17) is 21.0 Å². The molecule has 1 atom stereocenters. The molecule has 1 aromatic rings. The summed E-state index contributed by atoms with van der Waals surface area (Å²) in [4.78, 5) is 43.4. The summed E-state index contributed by atoms with van der Waals surface area (Å²) >= 11 is 0. The molecule has 7 N–H and O–H groups in total. The van der Waals surface area contributed by atoms with Crippen LogP contribution in [0, 0.1) is 0 Å². The van der Waals surface area contributed by atoms with Crippen molar-refractivity contribution in [2.45, 2.75) is 38.7 Å². The molecule has 1 rings (SSSR count). The quantitative estimate of drug-likeness (QED) is 0.131. The van der Waals surface area contributed by atoms with Gasteiger partial charge >= 0.3 is 11.9 Å². The molecule has 1 aromatic heterocycles. The number of aromatic nitrogens is 1. The predicted octanol–water partition coefficient (Wildman–Crippen LogP) is -1.26. The van der Waals surface area contributed by atoms with Gasteiger partial charge in [-0.25, -0.2) is 4.79 Å². The normalized spacial score (nSPS) is 11.3. The van der Waals surface area contributed by atoms with Crippen molar-refractivity contribution in [1.82, 2.24) is 10.0 Å². The Morgan fingerprint density at radius 3 is 2.43 bits per heavy atom. The molecule has 0 fully saturated rings. The van der Waals surface area contributed by atoms with Crippen LogP contribution in [0.5, 0.6) is 11.8 Å². The lowest BCUT2D eigenvalue weighted by Crippen LogP contribution is -2.36. The molecule has 0 unspecified atom stereocenters. The highest BCUT2D eigenvalue weighted by Crippen LogP contribution is 2.18. The second-order valence-electron chi connectivity index (χ2n) is 5.82. The summed E-state index contributed by atoms with van der Waals surface area (Å²) in [5.74, 6) is -2.95. The van der Waals surface area contributed by atoms with Crippen LogP contribution in [0.1, 0.15) is 32.6 Å². The second kappa shape index (κ2) is 11.3. The minimum absolute atomic E-state index is 0.00986. The van der Waals surface area contributed by atoms with Crippen LogP contribution in [-0.4, -0.2) is 57.9 Å². The van der Waals surface area contributed by atoms with Gasteiger partial charge in [-0.3, -0.25) is 14.6 Å². The second-order valence-corrected chi connectivity index (χ2v) is 5.82. The minimum atomic E-state index is -0.920. The highest BCUT2D eigenvalue weighted by atomic mass is 16.7. The maximum Gasteiger partial charge on any atom is 0.352 e. The number of nitrogens with zero attached hydrogens (tertiary/aromatic N) is 2. The van der Waals surface area contributed by atoms with Crippen LogP contribution in [0.2, 0.25) is 0 Å². The van der Waals surface area contributed by atoms with Crippen LogP contribution >= 0.6 is 0 Å². The minimum Gasteiger partial charge on any atom is -0.492 e. The van der Waals surface area contributed by atoms with Crippen molar-refractivity contribution in [1.29, 1.82) is 0 Å². The molecule has 0 aliphatic rings. The van der Waals surface area contributed by atoms with Gasteiger partial charge < -0.3 is 36.6 Å². The molecule has 0 aromatic carbocycles. The molecular formula is C16H25N5O7. The Bertz CT molecular complexity index is 693. The van der Waals surface area contributed by atoms with E-state index in [2.05, 4.69) is 10.3 Å². The number of hydrogen-bond acceptors (Lipinski definition) is 8. The van der Waals surface area contributed by atoms with E-state index in [1.165, 1.54) is 6.92 Å². The van der Waals surface area contributed by atoms with Crippen LogP contribution in [0.15, 0.2) is 17.1 Å². The van der Waals surface area contributed by atoms with Crippen molar-refractivity contribution in [2.24, 2.45) is 16.5 Å². The molecule has 156 valence electrons. The van der Waals surface area contributed by atoms with Crippen molar-refractivity contribution in [3.05, 3.63) is 12.1 Å². The van der Waals surface area contributed by atoms with Crippen molar-refractivity contribution < 1.29 is 34.2 Å². The first-order chi connectivity index (χ1) is 13.2. The van der Waals surface area contributed by atoms with E-state index in [9.17, 15) is 24.6 Å². The number of rotatable bonds is 11. The molecule has 0 radical (unpaired) electrons. The number of aliphatic imine (C=N–C) groups is 1. The average molecular weight is 399 g/mol. The fourth-order valence-corrected chi connectivity index (χ4v) is 2.21. The Kier molecular flexibility index (Phi) is 9.13. The number of carbonyl (C=O) groups is 3. The van der Waals surface area contributed by atoms with Gasteiger partial charge in [-0.2, -0.15) is 0 Å². The van der Waals surface area contributed by atoms with Crippen LogP contribution in [-0.2, 0) is 19.1 Å². The van der Waals surface area contributed by atoms with Gasteiger partial charge in [0.15, 0.2) is 5.96 Å². The predicted molar refractivity (Wildman–Crippen MR) is 97.1 cm³/mol. The van der Waals surface area contributed by atoms with Crippen LogP contribution in [0.3, 0.4) is 0 Å². The highest BCUT2D eigenvalue weighted by Gasteiger charge is 2.18. The summed E-state index contributed by atoms with van der Waals surface area (Å²) in [7, 11) is 0. The van der Waals surface area contributed by atoms with E-state index in [0.717, 1.165) is 12.1 Å². The number of amides is 1. The van der Waals surface area contributed by atoms with E-state index in [1.54, 1.807) is 0 Å². The van der Waals surface area contributed by atoms with E-state index in [1.807, 2.05) is 0 Å². The number of guanidine groups is 1. The van der Waals surface area contributed by atoms with Gasteiger partial charge in [-0.15, -0.1) is 4.73 Å². The first-order valence-electron chi connectivity index (χ1n) is 8.49. The molecule has 0 saturated heterocycles. The fourth-order valence-electron chi connectivity index (χ4n) is 2.21. The van der Waals surface area contributed by atoms with Crippen LogP contribution in [0.4, 0.5) is 0 Å². The van der Waals surface area contributed by atoms with E-state index < -0.39 is 42.3 Å². The smallest absolute Gasteiger partial charge is 0.352 e. The summed E-state index contributed by atoms with van der Waals surface area (Å²) in [5, 5.41) is 21.1. The SMILES string of the molecule is CC(=O)O[C@@H](CCCCN=C(N)N)CC(=O)NCC(=O)On1c(O)ccc1O. The highest BCUT2D eigenvalue weighted by molar-refractivity contribution is 5.82. The molecule has 12 heteroatoms. The molecule has 0 saturated carbocycles. The number of unbranched alkanes of at least 4 members (excludes halogenated alkanes) is 1.